The van der Waals surface area contributed by atoms with Crippen molar-refractivity contribution in [3.05, 3.63) is 58.3 Å². The SMILES string of the molecule is Cc1ccc(S(=O)(=O)NCCc2c(C)[nH]c3ccc(OC(F)(F)Cl)cc23)c(C)c1C. The van der Waals surface area contributed by atoms with E-state index in [4.69, 9.17) is 11.6 Å². The summed E-state index contributed by atoms with van der Waals surface area (Å²) in [6.45, 7) is 7.61. The van der Waals surface area contributed by atoms with Crippen LogP contribution < -0.4 is 9.46 Å². The summed E-state index contributed by atoms with van der Waals surface area (Å²) in [5, 5.41) is 0.674. The van der Waals surface area contributed by atoms with Gasteiger partial charge >= 0.3 is 5.57 Å². The molecule has 0 atom stereocenters. The highest BCUT2D eigenvalue weighted by molar-refractivity contribution is 7.89. The largest absolute Gasteiger partial charge is 0.487 e. The van der Waals surface area contributed by atoms with Crippen LogP contribution in [0.25, 0.3) is 10.9 Å². The quantitative estimate of drug-likeness (QED) is 0.486. The smallest absolute Gasteiger partial charge is 0.420 e. The maximum atomic E-state index is 13.0. The lowest BCUT2D eigenvalue weighted by Crippen LogP contribution is -2.27. The molecule has 0 aliphatic rings. The topological polar surface area (TPSA) is 71.2 Å². The molecule has 0 amide bonds. The van der Waals surface area contributed by atoms with Crippen LogP contribution >= 0.6 is 11.6 Å². The van der Waals surface area contributed by atoms with E-state index in [1.54, 1.807) is 25.1 Å². The van der Waals surface area contributed by atoms with E-state index >= 15 is 0 Å². The molecule has 0 unspecified atom stereocenters. The van der Waals surface area contributed by atoms with Crippen LogP contribution in [0.4, 0.5) is 8.78 Å². The molecule has 0 radical (unpaired) electrons. The van der Waals surface area contributed by atoms with Crippen molar-refractivity contribution >= 4 is 32.5 Å². The zero-order valence-electron chi connectivity index (χ0n) is 17.1. The fourth-order valence-corrected chi connectivity index (χ4v) is 4.91. The Hall–Kier alpha value is -2.16. The number of aromatic nitrogens is 1. The second-order valence-electron chi connectivity index (χ2n) is 7.26. The van der Waals surface area contributed by atoms with Gasteiger partial charge in [-0.05, 0) is 80.6 Å². The Kier molecular flexibility index (Phi) is 6.13. The molecule has 0 spiro atoms. The Labute approximate surface area is 179 Å². The van der Waals surface area contributed by atoms with Crippen LogP contribution in [0.5, 0.6) is 5.75 Å². The summed E-state index contributed by atoms with van der Waals surface area (Å²) in [7, 11) is -3.68. The zero-order chi connectivity index (χ0) is 22.3. The Morgan fingerprint density at radius 3 is 2.47 bits per heavy atom. The molecule has 3 rings (SSSR count). The van der Waals surface area contributed by atoms with Gasteiger partial charge in [0.05, 0.1) is 4.90 Å². The second-order valence-corrected chi connectivity index (χ2v) is 9.44. The van der Waals surface area contributed by atoms with Crippen LogP contribution in [-0.4, -0.2) is 25.5 Å². The van der Waals surface area contributed by atoms with E-state index in [9.17, 15) is 17.2 Å². The summed E-state index contributed by atoms with van der Waals surface area (Å²) < 4.78 is 58.5. The molecular formula is C21H23ClF2N2O3S. The van der Waals surface area contributed by atoms with Crippen molar-refractivity contribution in [1.29, 1.82) is 0 Å². The molecule has 0 aliphatic carbocycles. The monoisotopic (exact) mass is 456 g/mol. The van der Waals surface area contributed by atoms with Gasteiger partial charge in [0.1, 0.15) is 5.75 Å². The zero-order valence-corrected chi connectivity index (χ0v) is 18.6. The van der Waals surface area contributed by atoms with Crippen molar-refractivity contribution in [2.45, 2.75) is 44.6 Å². The maximum absolute atomic E-state index is 13.0. The van der Waals surface area contributed by atoms with Crippen molar-refractivity contribution in [3.63, 3.8) is 0 Å². The van der Waals surface area contributed by atoms with Crippen LogP contribution in [0.1, 0.15) is 27.9 Å². The van der Waals surface area contributed by atoms with Crippen molar-refractivity contribution in [1.82, 2.24) is 9.71 Å². The van der Waals surface area contributed by atoms with Crippen LogP contribution in [0.3, 0.4) is 0 Å². The van der Waals surface area contributed by atoms with Crippen LogP contribution in [-0.2, 0) is 16.4 Å². The number of benzene rings is 2. The highest BCUT2D eigenvalue weighted by Gasteiger charge is 2.28. The molecule has 30 heavy (non-hydrogen) atoms. The number of fused-ring (bicyclic) bond motifs is 1. The van der Waals surface area contributed by atoms with Crippen molar-refractivity contribution in [2.24, 2.45) is 0 Å². The summed E-state index contributed by atoms with van der Waals surface area (Å²) in [6.07, 6.45) is 0.371. The minimum Gasteiger partial charge on any atom is -0.420 e. The maximum Gasteiger partial charge on any atom is 0.487 e. The normalized spacial score (nSPS) is 12.5. The molecule has 3 aromatic rings. The lowest BCUT2D eigenvalue weighted by Gasteiger charge is -2.13. The van der Waals surface area contributed by atoms with Crippen LogP contribution in [0, 0.1) is 27.7 Å². The third kappa shape index (κ3) is 4.77. The minimum absolute atomic E-state index is 0.0749. The van der Waals surface area contributed by atoms with Gasteiger partial charge in [0.2, 0.25) is 10.0 Å². The molecule has 0 saturated carbocycles. The first-order valence-corrected chi connectivity index (χ1v) is 11.2. The third-order valence-corrected chi connectivity index (χ3v) is 6.97. The Bertz CT molecular complexity index is 1200. The highest BCUT2D eigenvalue weighted by atomic mass is 35.5. The number of sulfonamides is 1. The predicted octanol–water partition coefficient (Wildman–Crippen LogP) is 5.09. The summed E-state index contributed by atoms with van der Waals surface area (Å²) in [5.74, 6) is -0.0749. The number of rotatable bonds is 7. The number of hydrogen-bond acceptors (Lipinski definition) is 3. The Morgan fingerprint density at radius 1 is 1.10 bits per heavy atom. The number of halogens is 3. The average Bonchev–Trinajstić information content (AvgIpc) is 2.93. The average molecular weight is 457 g/mol. The van der Waals surface area contributed by atoms with Gasteiger partial charge in [0, 0.05) is 34.7 Å². The lowest BCUT2D eigenvalue weighted by atomic mass is 10.1. The van der Waals surface area contributed by atoms with Crippen LogP contribution in [0.2, 0.25) is 0 Å². The summed E-state index contributed by atoms with van der Waals surface area (Å²) >= 11 is 4.85. The third-order valence-electron chi connectivity index (χ3n) is 5.29. The molecule has 0 bridgehead atoms. The number of aromatic amines is 1. The van der Waals surface area contributed by atoms with Crippen molar-refractivity contribution < 1.29 is 21.9 Å². The van der Waals surface area contributed by atoms with Gasteiger partial charge < -0.3 is 9.72 Å². The summed E-state index contributed by atoms with van der Waals surface area (Å²) in [5.41, 5.74) is 1.25. The standard InChI is InChI=1S/C21H23ClF2N2O3S/c1-12-5-8-20(14(3)13(12)2)30(27,28)25-10-9-17-15(4)26-19-7-6-16(11-18(17)19)29-21(22,23)24/h5-8,11,25-26H,9-10H2,1-4H3. The number of ether oxygens (including phenoxy) is 1. The first kappa shape index (κ1) is 22.5. The van der Waals surface area contributed by atoms with Gasteiger partial charge in [0.15, 0.2) is 0 Å². The van der Waals surface area contributed by atoms with Gasteiger partial charge in [-0.15, -0.1) is 8.78 Å². The molecule has 9 heteroatoms. The van der Waals surface area contributed by atoms with Crippen molar-refractivity contribution in [3.8, 4) is 5.75 Å². The van der Waals surface area contributed by atoms with Gasteiger partial charge in [-0.25, -0.2) is 13.1 Å². The fourth-order valence-electron chi connectivity index (χ4n) is 3.49. The molecule has 1 aromatic heterocycles. The molecule has 0 saturated heterocycles. The molecule has 0 fully saturated rings. The van der Waals surface area contributed by atoms with E-state index in [0.717, 1.165) is 33.5 Å². The molecule has 0 aliphatic heterocycles. The summed E-state index contributed by atoms with van der Waals surface area (Å²) in [4.78, 5) is 3.42. The molecular weight excluding hydrogens is 434 g/mol. The molecule has 2 N–H and O–H groups in total. The Morgan fingerprint density at radius 2 is 1.80 bits per heavy atom. The van der Waals surface area contributed by atoms with E-state index in [-0.39, 0.29) is 17.2 Å². The molecule has 5 nitrogen and oxygen atoms in total. The Balaban J connectivity index is 1.81. The number of alkyl halides is 3. The molecule has 2 aromatic carbocycles. The van der Waals surface area contributed by atoms with Gasteiger partial charge in [0.25, 0.3) is 0 Å². The predicted molar refractivity (Wildman–Crippen MR) is 114 cm³/mol. The van der Waals surface area contributed by atoms with Gasteiger partial charge in [-0.1, -0.05) is 6.07 Å². The van der Waals surface area contributed by atoms with E-state index < -0.39 is 15.6 Å². The number of hydrogen-bond donors (Lipinski definition) is 2. The van der Waals surface area contributed by atoms with E-state index in [2.05, 4.69) is 14.4 Å². The highest BCUT2D eigenvalue weighted by Crippen LogP contribution is 2.31. The van der Waals surface area contributed by atoms with E-state index in [1.807, 2.05) is 20.8 Å². The number of aryl methyl sites for hydroxylation is 2. The molecule has 162 valence electrons. The second kappa shape index (κ2) is 8.17. The number of H-pyrrole nitrogens is 1. The van der Waals surface area contributed by atoms with Gasteiger partial charge in [-0.3, -0.25) is 0 Å². The van der Waals surface area contributed by atoms with Crippen molar-refractivity contribution in [2.75, 3.05) is 6.54 Å². The first-order chi connectivity index (χ1) is 13.9. The lowest BCUT2D eigenvalue weighted by molar-refractivity contribution is -0.0964. The number of nitrogens with one attached hydrogen (secondary N) is 2. The van der Waals surface area contributed by atoms with E-state index in [0.29, 0.717) is 11.8 Å². The minimum atomic E-state index is -3.81. The van der Waals surface area contributed by atoms with E-state index in [1.165, 1.54) is 12.1 Å². The first-order valence-electron chi connectivity index (χ1n) is 9.32. The van der Waals surface area contributed by atoms with Gasteiger partial charge in [-0.2, -0.15) is 0 Å². The molecule has 1 heterocycles. The van der Waals surface area contributed by atoms with Crippen LogP contribution in [0.15, 0.2) is 35.2 Å². The fraction of sp³-hybridized carbons (Fsp3) is 0.333. The summed E-state index contributed by atoms with van der Waals surface area (Å²) in [6, 6.07) is 7.87.